The summed E-state index contributed by atoms with van der Waals surface area (Å²) in [6.45, 7) is 0. The molecule has 1 N–H and O–H groups in total. The third kappa shape index (κ3) is 4.24. The number of rotatable bonds is 4. The molecule has 2 rings (SSSR count). The molecule has 0 aliphatic heterocycles. The molecule has 1 heterocycles. The van der Waals surface area contributed by atoms with E-state index in [1.54, 1.807) is 13.2 Å². The molecule has 1 aromatic heterocycles. The van der Waals surface area contributed by atoms with Crippen LogP contribution in [0.4, 0.5) is 13.2 Å². The molecule has 1 unspecified atom stereocenters. The summed E-state index contributed by atoms with van der Waals surface area (Å²) >= 11 is 5.67. The maximum Gasteiger partial charge on any atom is 0.412 e. The predicted molar refractivity (Wildman–Crippen MR) is 75.3 cm³/mol. The highest BCUT2D eigenvalue weighted by Gasteiger charge is 2.41. The van der Waals surface area contributed by atoms with Gasteiger partial charge in [0.15, 0.2) is 6.04 Å². The number of carbonyl (C=O) groups excluding carboxylic acids is 1. The Morgan fingerprint density at radius 2 is 2.00 bits per heavy atom. The molecule has 0 spiro atoms. The Balaban J connectivity index is 2.13. The number of halogens is 4. The molecule has 0 saturated carbocycles. The highest BCUT2D eigenvalue weighted by Crippen LogP contribution is 2.33. The zero-order chi connectivity index (χ0) is 16.3. The van der Waals surface area contributed by atoms with Crippen molar-refractivity contribution in [1.29, 1.82) is 0 Å². The minimum atomic E-state index is -4.60. The van der Waals surface area contributed by atoms with Crippen molar-refractivity contribution in [3.63, 3.8) is 0 Å². The van der Waals surface area contributed by atoms with E-state index in [4.69, 9.17) is 11.6 Å². The largest absolute Gasteiger partial charge is 0.412 e. The van der Waals surface area contributed by atoms with Crippen LogP contribution in [0.3, 0.4) is 0 Å². The lowest BCUT2D eigenvalue weighted by atomic mass is 10.1. The fourth-order valence-electron chi connectivity index (χ4n) is 1.97. The van der Waals surface area contributed by atoms with Gasteiger partial charge in [-0.1, -0.05) is 23.7 Å². The summed E-state index contributed by atoms with van der Waals surface area (Å²) in [4.78, 5) is 11.8. The minimum absolute atomic E-state index is 0.0727. The van der Waals surface area contributed by atoms with Gasteiger partial charge in [0.25, 0.3) is 0 Å². The molecular formula is C14H13ClF3N3O. The molecular weight excluding hydrogens is 319 g/mol. The first-order chi connectivity index (χ1) is 10.3. The highest BCUT2D eigenvalue weighted by molar-refractivity contribution is 6.30. The van der Waals surface area contributed by atoms with E-state index < -0.39 is 18.1 Å². The summed E-state index contributed by atoms with van der Waals surface area (Å²) in [5.74, 6) is -0.731. The predicted octanol–water partition coefficient (Wildman–Crippen LogP) is 3.04. The van der Waals surface area contributed by atoms with Crippen LogP contribution in [0.15, 0.2) is 36.7 Å². The topological polar surface area (TPSA) is 46.9 Å². The summed E-state index contributed by atoms with van der Waals surface area (Å²) in [6.07, 6.45) is -1.76. The molecule has 0 bridgehead atoms. The van der Waals surface area contributed by atoms with Gasteiger partial charge in [-0.25, -0.2) is 0 Å². The van der Waals surface area contributed by atoms with Crippen molar-refractivity contribution >= 4 is 17.5 Å². The Bertz CT molecular complexity index is 652. The van der Waals surface area contributed by atoms with Crippen molar-refractivity contribution in [2.45, 2.75) is 18.6 Å². The van der Waals surface area contributed by atoms with Gasteiger partial charge in [-0.2, -0.15) is 18.3 Å². The maximum atomic E-state index is 13.1. The second-order valence-electron chi connectivity index (χ2n) is 4.79. The zero-order valence-electron chi connectivity index (χ0n) is 11.6. The average Bonchev–Trinajstić information content (AvgIpc) is 2.81. The van der Waals surface area contributed by atoms with Crippen LogP contribution in [0.25, 0.3) is 0 Å². The first kappa shape index (κ1) is 16.4. The summed E-state index contributed by atoms with van der Waals surface area (Å²) in [6, 6.07) is 3.11. The third-order valence-electron chi connectivity index (χ3n) is 2.96. The van der Waals surface area contributed by atoms with Gasteiger partial charge in [0, 0.05) is 18.3 Å². The van der Waals surface area contributed by atoms with E-state index in [0.717, 1.165) is 0 Å². The van der Waals surface area contributed by atoms with Gasteiger partial charge in [-0.05, 0) is 23.3 Å². The SMILES string of the molecule is Cn1cc(CC(=O)NC(c2ccc(Cl)cc2)C(F)(F)F)cn1. The molecule has 0 saturated heterocycles. The normalized spacial score (nSPS) is 13.0. The van der Waals surface area contributed by atoms with Crippen molar-refractivity contribution in [1.82, 2.24) is 15.1 Å². The molecule has 0 aliphatic carbocycles. The van der Waals surface area contributed by atoms with Gasteiger partial charge in [0.1, 0.15) is 0 Å². The Morgan fingerprint density at radius 1 is 1.36 bits per heavy atom. The molecule has 0 aliphatic rings. The summed E-state index contributed by atoms with van der Waals surface area (Å²) in [5.41, 5.74) is 0.466. The van der Waals surface area contributed by atoms with Gasteiger partial charge >= 0.3 is 6.18 Å². The van der Waals surface area contributed by atoms with Crippen molar-refractivity contribution in [3.8, 4) is 0 Å². The fraction of sp³-hybridized carbons (Fsp3) is 0.286. The van der Waals surface area contributed by atoms with E-state index >= 15 is 0 Å². The Labute approximate surface area is 129 Å². The second-order valence-corrected chi connectivity index (χ2v) is 5.23. The fourth-order valence-corrected chi connectivity index (χ4v) is 2.10. The number of amides is 1. The third-order valence-corrected chi connectivity index (χ3v) is 3.21. The molecule has 0 fully saturated rings. The van der Waals surface area contributed by atoms with E-state index in [-0.39, 0.29) is 12.0 Å². The van der Waals surface area contributed by atoms with Gasteiger partial charge in [0.05, 0.1) is 12.6 Å². The second kappa shape index (κ2) is 6.39. The molecule has 118 valence electrons. The summed E-state index contributed by atoms with van der Waals surface area (Å²) < 4.78 is 40.9. The lowest BCUT2D eigenvalue weighted by Crippen LogP contribution is -2.38. The zero-order valence-corrected chi connectivity index (χ0v) is 12.3. The van der Waals surface area contributed by atoms with Crippen LogP contribution in [0.2, 0.25) is 5.02 Å². The van der Waals surface area contributed by atoms with Gasteiger partial charge in [0.2, 0.25) is 5.91 Å². The Morgan fingerprint density at radius 3 is 2.50 bits per heavy atom. The van der Waals surface area contributed by atoms with E-state index in [0.29, 0.717) is 10.6 Å². The quantitative estimate of drug-likeness (QED) is 0.936. The molecule has 22 heavy (non-hydrogen) atoms. The molecule has 2 aromatic rings. The monoisotopic (exact) mass is 331 g/mol. The van der Waals surface area contributed by atoms with Crippen LogP contribution in [0, 0.1) is 0 Å². The number of nitrogens with zero attached hydrogens (tertiary/aromatic N) is 2. The van der Waals surface area contributed by atoms with E-state index in [9.17, 15) is 18.0 Å². The number of aryl methyl sites for hydroxylation is 1. The first-order valence-electron chi connectivity index (χ1n) is 6.35. The Hall–Kier alpha value is -2.02. The lowest BCUT2D eigenvalue weighted by Gasteiger charge is -2.22. The molecule has 4 nitrogen and oxygen atoms in total. The lowest BCUT2D eigenvalue weighted by molar-refractivity contribution is -0.163. The van der Waals surface area contributed by atoms with Gasteiger partial charge in [-0.15, -0.1) is 0 Å². The molecule has 0 radical (unpaired) electrons. The minimum Gasteiger partial charge on any atom is -0.341 e. The van der Waals surface area contributed by atoms with E-state index in [2.05, 4.69) is 5.10 Å². The van der Waals surface area contributed by atoms with Gasteiger partial charge in [-0.3, -0.25) is 9.48 Å². The standard InChI is InChI=1S/C14H13ClF3N3O/c1-21-8-9(7-19-21)6-12(22)20-13(14(16,17)18)10-2-4-11(15)5-3-10/h2-5,7-8,13H,6H2,1H3,(H,20,22). The molecule has 1 aromatic carbocycles. The molecule has 1 amide bonds. The number of hydrogen-bond donors (Lipinski definition) is 1. The van der Waals surface area contributed by atoms with Crippen molar-refractivity contribution in [2.24, 2.45) is 7.05 Å². The van der Waals surface area contributed by atoms with Crippen LogP contribution in [0.1, 0.15) is 17.2 Å². The van der Waals surface area contributed by atoms with Crippen molar-refractivity contribution < 1.29 is 18.0 Å². The summed E-state index contributed by atoms with van der Waals surface area (Å²) in [5, 5.41) is 6.20. The smallest absolute Gasteiger partial charge is 0.341 e. The number of nitrogens with one attached hydrogen (secondary N) is 1. The number of hydrogen-bond acceptors (Lipinski definition) is 2. The van der Waals surface area contributed by atoms with Crippen LogP contribution in [0.5, 0.6) is 0 Å². The number of alkyl halides is 3. The molecule has 1 atom stereocenters. The first-order valence-corrected chi connectivity index (χ1v) is 6.72. The van der Waals surface area contributed by atoms with Crippen LogP contribution >= 0.6 is 11.6 Å². The summed E-state index contributed by atoms with van der Waals surface area (Å²) in [7, 11) is 1.66. The van der Waals surface area contributed by atoms with Crippen LogP contribution in [-0.4, -0.2) is 21.9 Å². The van der Waals surface area contributed by atoms with Gasteiger partial charge < -0.3 is 5.32 Å². The van der Waals surface area contributed by atoms with Crippen LogP contribution < -0.4 is 5.32 Å². The highest BCUT2D eigenvalue weighted by atomic mass is 35.5. The van der Waals surface area contributed by atoms with Crippen molar-refractivity contribution in [2.75, 3.05) is 0 Å². The number of benzene rings is 1. The van der Waals surface area contributed by atoms with E-state index in [1.807, 2.05) is 5.32 Å². The maximum absolute atomic E-state index is 13.1. The Kier molecular flexibility index (Phi) is 4.75. The van der Waals surface area contributed by atoms with Crippen molar-refractivity contribution in [3.05, 3.63) is 52.8 Å². The molecule has 8 heteroatoms. The average molecular weight is 332 g/mol. The van der Waals surface area contributed by atoms with E-state index in [1.165, 1.54) is 35.1 Å². The number of carbonyl (C=O) groups is 1. The van der Waals surface area contributed by atoms with Crippen LogP contribution in [-0.2, 0) is 18.3 Å². The number of aromatic nitrogens is 2.